The van der Waals surface area contributed by atoms with Crippen LogP contribution < -0.4 is 15.4 Å². The van der Waals surface area contributed by atoms with E-state index < -0.39 is 22.0 Å². The van der Waals surface area contributed by atoms with Gasteiger partial charge >= 0.3 is 0 Å². The first-order valence-corrected chi connectivity index (χ1v) is 12.3. The molecule has 0 fully saturated rings. The summed E-state index contributed by atoms with van der Waals surface area (Å²) in [6, 6.07) is 19.9. The highest BCUT2D eigenvalue weighted by atomic mass is 32.2. The molecule has 0 unspecified atom stereocenters. The first-order valence-electron chi connectivity index (χ1n) is 10.8. The number of benzene rings is 3. The minimum Gasteiger partial charge on any atom is -0.360 e. The fourth-order valence-corrected chi connectivity index (χ4v) is 4.54. The predicted molar refractivity (Wildman–Crippen MR) is 132 cm³/mol. The molecule has 1 atom stereocenters. The van der Waals surface area contributed by atoms with Gasteiger partial charge in [0, 0.05) is 11.8 Å². The molecular weight excluding hydrogens is 468 g/mol. The fourth-order valence-electron chi connectivity index (χ4n) is 3.56. The average molecular weight is 493 g/mol. The van der Waals surface area contributed by atoms with E-state index in [4.69, 9.17) is 4.52 Å². The van der Waals surface area contributed by atoms with Crippen molar-refractivity contribution in [2.24, 2.45) is 0 Å². The molecule has 180 valence electrons. The van der Waals surface area contributed by atoms with Crippen molar-refractivity contribution in [2.75, 3.05) is 10.0 Å². The summed E-state index contributed by atoms with van der Waals surface area (Å²) >= 11 is 0. The van der Waals surface area contributed by atoms with Gasteiger partial charge in [-0.15, -0.1) is 0 Å². The van der Waals surface area contributed by atoms with E-state index in [1.54, 1.807) is 13.8 Å². The Balaban J connectivity index is 1.34. The van der Waals surface area contributed by atoms with Crippen molar-refractivity contribution in [1.29, 1.82) is 0 Å². The largest absolute Gasteiger partial charge is 0.360 e. The number of nitrogens with zero attached hydrogens (tertiary/aromatic N) is 1. The lowest BCUT2D eigenvalue weighted by Crippen LogP contribution is -2.42. The van der Waals surface area contributed by atoms with Crippen molar-refractivity contribution in [1.82, 2.24) is 10.5 Å². The quantitative estimate of drug-likeness (QED) is 0.344. The first kappa shape index (κ1) is 24.0. The van der Waals surface area contributed by atoms with Crippen LogP contribution in [0.25, 0.3) is 10.8 Å². The molecular formula is C25H24N4O5S. The predicted octanol–water partition coefficient (Wildman–Crippen LogP) is 3.62. The Labute approximate surface area is 202 Å². The van der Waals surface area contributed by atoms with Gasteiger partial charge < -0.3 is 15.2 Å². The molecule has 1 aromatic heterocycles. The number of aromatic nitrogens is 1. The van der Waals surface area contributed by atoms with E-state index >= 15 is 0 Å². The second-order valence-electron chi connectivity index (χ2n) is 8.05. The number of rotatable bonds is 8. The number of fused-ring (bicyclic) bond motifs is 1. The second kappa shape index (κ2) is 9.98. The summed E-state index contributed by atoms with van der Waals surface area (Å²) in [5.74, 6) is -0.158. The van der Waals surface area contributed by atoms with Crippen molar-refractivity contribution in [3.63, 3.8) is 0 Å². The molecule has 0 saturated carbocycles. The third-order valence-corrected chi connectivity index (χ3v) is 6.67. The van der Waals surface area contributed by atoms with Crippen LogP contribution >= 0.6 is 0 Å². The van der Waals surface area contributed by atoms with Crippen molar-refractivity contribution in [3.8, 4) is 0 Å². The van der Waals surface area contributed by atoms with Gasteiger partial charge in [0.15, 0.2) is 5.82 Å². The molecule has 10 heteroatoms. The van der Waals surface area contributed by atoms with Crippen LogP contribution in [0.1, 0.15) is 18.2 Å². The molecule has 0 radical (unpaired) electrons. The van der Waals surface area contributed by atoms with Gasteiger partial charge in [0.25, 0.3) is 10.0 Å². The Morgan fingerprint density at radius 2 is 1.71 bits per heavy atom. The number of amides is 2. The molecule has 35 heavy (non-hydrogen) atoms. The molecule has 0 spiro atoms. The topological polar surface area (TPSA) is 130 Å². The molecule has 2 amide bonds. The lowest BCUT2D eigenvalue weighted by Gasteiger charge is -2.15. The van der Waals surface area contributed by atoms with Crippen molar-refractivity contribution in [2.45, 2.75) is 31.2 Å². The number of hydrogen-bond donors (Lipinski definition) is 3. The highest BCUT2D eigenvalue weighted by Gasteiger charge is 2.19. The molecule has 3 aromatic carbocycles. The zero-order valence-electron chi connectivity index (χ0n) is 19.1. The molecule has 0 bridgehead atoms. The van der Waals surface area contributed by atoms with Gasteiger partial charge in [-0.3, -0.25) is 14.3 Å². The van der Waals surface area contributed by atoms with Crippen LogP contribution in [0, 0.1) is 6.92 Å². The minimum absolute atomic E-state index is 0.00686. The minimum atomic E-state index is -3.87. The third kappa shape index (κ3) is 5.85. The van der Waals surface area contributed by atoms with Crippen LogP contribution in [0.2, 0.25) is 0 Å². The van der Waals surface area contributed by atoms with Gasteiger partial charge in [0.2, 0.25) is 11.8 Å². The Morgan fingerprint density at radius 3 is 2.43 bits per heavy atom. The Hall–Kier alpha value is -4.18. The molecule has 3 N–H and O–H groups in total. The highest BCUT2D eigenvalue weighted by Crippen LogP contribution is 2.20. The van der Waals surface area contributed by atoms with Gasteiger partial charge in [-0.25, -0.2) is 8.42 Å². The number of sulfonamides is 1. The number of carbonyl (C=O) groups excluding carboxylic acids is 2. The van der Waals surface area contributed by atoms with E-state index in [0.29, 0.717) is 11.4 Å². The normalized spacial score (nSPS) is 12.2. The van der Waals surface area contributed by atoms with Crippen LogP contribution in [0.15, 0.2) is 82.2 Å². The van der Waals surface area contributed by atoms with Gasteiger partial charge in [-0.05, 0) is 54.4 Å². The maximum absolute atomic E-state index is 12.6. The van der Waals surface area contributed by atoms with Gasteiger partial charge in [-0.1, -0.05) is 47.6 Å². The Bertz CT molecular complexity index is 1470. The van der Waals surface area contributed by atoms with Gasteiger partial charge in [0.05, 0.1) is 11.3 Å². The van der Waals surface area contributed by atoms with E-state index in [2.05, 4.69) is 20.5 Å². The summed E-state index contributed by atoms with van der Waals surface area (Å²) < 4.78 is 32.1. The summed E-state index contributed by atoms with van der Waals surface area (Å²) in [4.78, 5) is 25.1. The van der Waals surface area contributed by atoms with E-state index in [1.165, 1.54) is 30.3 Å². The number of hydrogen-bond acceptors (Lipinski definition) is 6. The number of carbonyl (C=O) groups is 2. The fraction of sp³-hybridized carbons (Fsp3) is 0.160. The zero-order chi connectivity index (χ0) is 25.0. The summed E-state index contributed by atoms with van der Waals surface area (Å²) in [5.41, 5.74) is 1.26. The van der Waals surface area contributed by atoms with Gasteiger partial charge in [-0.2, -0.15) is 0 Å². The van der Waals surface area contributed by atoms with E-state index in [-0.39, 0.29) is 23.0 Å². The Kier molecular flexibility index (Phi) is 6.83. The zero-order valence-corrected chi connectivity index (χ0v) is 19.9. The number of nitrogens with one attached hydrogen (secondary N) is 3. The lowest BCUT2D eigenvalue weighted by molar-refractivity contribution is -0.125. The summed E-state index contributed by atoms with van der Waals surface area (Å²) in [7, 11) is -3.87. The smallest absolute Gasteiger partial charge is 0.263 e. The number of anilines is 2. The molecule has 9 nitrogen and oxygen atoms in total. The summed E-state index contributed by atoms with van der Waals surface area (Å²) in [5, 5.41) is 11.0. The third-order valence-electron chi connectivity index (χ3n) is 5.30. The molecule has 4 rings (SSSR count). The maximum Gasteiger partial charge on any atom is 0.263 e. The molecule has 0 aliphatic heterocycles. The average Bonchev–Trinajstić information content (AvgIpc) is 3.23. The highest BCUT2D eigenvalue weighted by molar-refractivity contribution is 7.92. The Morgan fingerprint density at radius 1 is 1.00 bits per heavy atom. The SMILES string of the molecule is Cc1cc(NS(=O)(=O)c2ccc(NC(=O)[C@H](C)NC(=O)Cc3cccc4ccccc34)cc2)no1. The van der Waals surface area contributed by atoms with E-state index in [9.17, 15) is 18.0 Å². The lowest BCUT2D eigenvalue weighted by atomic mass is 10.0. The summed E-state index contributed by atoms with van der Waals surface area (Å²) in [6.07, 6.45) is 0.142. The van der Waals surface area contributed by atoms with Crippen molar-refractivity contribution in [3.05, 3.63) is 84.1 Å². The molecule has 0 aliphatic carbocycles. The van der Waals surface area contributed by atoms with Crippen molar-refractivity contribution >= 4 is 44.1 Å². The standard InChI is InChI=1S/C25H24N4O5S/c1-16-14-23(28-34-16)29-35(32,33)21-12-10-20(11-13-21)27-25(31)17(2)26-24(30)15-19-8-5-7-18-6-3-4-9-22(18)19/h3-14,17H,15H2,1-2H3,(H,26,30)(H,27,31)(H,28,29)/t17-/m0/s1. The van der Waals surface area contributed by atoms with Crippen molar-refractivity contribution < 1.29 is 22.5 Å². The van der Waals surface area contributed by atoms with E-state index in [1.807, 2.05) is 42.5 Å². The molecule has 0 saturated heterocycles. The maximum atomic E-state index is 12.6. The van der Waals surface area contributed by atoms with Crippen LogP contribution in [-0.2, 0) is 26.0 Å². The van der Waals surface area contributed by atoms with Crippen LogP contribution in [0.5, 0.6) is 0 Å². The van der Waals surface area contributed by atoms with Gasteiger partial charge in [0.1, 0.15) is 11.8 Å². The van der Waals surface area contributed by atoms with E-state index in [0.717, 1.165) is 16.3 Å². The monoisotopic (exact) mass is 492 g/mol. The molecule has 1 heterocycles. The van der Waals surface area contributed by atoms with Crippen LogP contribution in [-0.4, -0.2) is 31.4 Å². The first-order chi connectivity index (χ1) is 16.7. The second-order valence-corrected chi connectivity index (χ2v) is 9.73. The van der Waals surface area contributed by atoms with Crippen LogP contribution in [0.4, 0.5) is 11.5 Å². The number of aryl methyl sites for hydroxylation is 1. The molecule has 0 aliphatic rings. The summed E-state index contributed by atoms with van der Waals surface area (Å²) in [6.45, 7) is 3.23. The molecule has 4 aromatic rings. The van der Waals surface area contributed by atoms with Crippen LogP contribution in [0.3, 0.4) is 0 Å².